The highest BCUT2D eigenvalue weighted by Gasteiger charge is 2.48. The van der Waals surface area contributed by atoms with E-state index in [1.54, 1.807) is 18.2 Å². The first-order valence-electron chi connectivity index (χ1n) is 8.35. The Bertz CT molecular complexity index is 659. The monoisotopic (exact) mass is 424 g/mol. The third-order valence-electron chi connectivity index (χ3n) is 3.79. The van der Waals surface area contributed by atoms with Crippen LogP contribution in [0.4, 0.5) is 18.9 Å². The van der Waals surface area contributed by atoms with Crippen LogP contribution in [0.2, 0.25) is 0 Å². The Morgan fingerprint density at radius 3 is 2.21 bits per heavy atom. The number of benzene rings is 1. The standard InChI is InChI=1S/C17H23F3N4O3.ClH/c1-11(14(25)23-12-7-3-2-4-8-12)24(16(27)17(18,19)20)15(26)13(22)9-5-6-10-21;/h2-4,7-8,11,13H,5-6,9-10,21-22H2,1H3,(H,23,25);1H/t11-,13-;/m0./s1. The van der Waals surface area contributed by atoms with E-state index >= 15 is 0 Å². The molecule has 28 heavy (non-hydrogen) atoms. The molecule has 11 heteroatoms. The van der Waals surface area contributed by atoms with Gasteiger partial charge in [0, 0.05) is 5.69 Å². The van der Waals surface area contributed by atoms with Crippen LogP contribution in [0.3, 0.4) is 0 Å². The fraction of sp³-hybridized carbons (Fsp3) is 0.471. The lowest BCUT2D eigenvalue weighted by atomic mass is 10.1. The minimum absolute atomic E-state index is 0. The van der Waals surface area contributed by atoms with Gasteiger partial charge in [0.05, 0.1) is 6.04 Å². The first-order valence-corrected chi connectivity index (χ1v) is 8.35. The summed E-state index contributed by atoms with van der Waals surface area (Å²) in [5.74, 6) is -4.64. The number of halogens is 4. The number of nitrogens with two attached hydrogens (primary N) is 2. The Morgan fingerprint density at radius 2 is 1.71 bits per heavy atom. The zero-order valence-corrected chi connectivity index (χ0v) is 16.1. The number of alkyl halides is 3. The number of imide groups is 1. The second kappa shape index (κ2) is 11.6. The number of nitrogens with one attached hydrogen (secondary N) is 1. The fourth-order valence-electron chi connectivity index (χ4n) is 2.30. The quantitative estimate of drug-likeness (QED) is 0.550. The number of carbonyl (C=O) groups excluding carboxylic acids is 3. The van der Waals surface area contributed by atoms with Crippen molar-refractivity contribution in [1.82, 2.24) is 4.90 Å². The van der Waals surface area contributed by atoms with Crippen LogP contribution in [0.1, 0.15) is 26.2 Å². The first kappa shape index (κ1) is 25.8. The highest BCUT2D eigenvalue weighted by molar-refractivity contribution is 6.06. The van der Waals surface area contributed by atoms with E-state index in [1.165, 1.54) is 12.1 Å². The van der Waals surface area contributed by atoms with Gasteiger partial charge in [0.2, 0.25) is 11.8 Å². The molecule has 0 aliphatic carbocycles. The minimum atomic E-state index is -5.33. The summed E-state index contributed by atoms with van der Waals surface area (Å²) in [6, 6.07) is 4.88. The average molecular weight is 425 g/mol. The van der Waals surface area contributed by atoms with Gasteiger partial charge in [-0.3, -0.25) is 19.3 Å². The van der Waals surface area contributed by atoms with Crippen LogP contribution >= 0.6 is 12.4 Å². The number of hydrogen-bond acceptors (Lipinski definition) is 5. The summed E-state index contributed by atoms with van der Waals surface area (Å²) >= 11 is 0. The molecule has 1 aromatic rings. The molecule has 2 atom stereocenters. The normalized spacial score (nSPS) is 13.1. The van der Waals surface area contributed by atoms with Crippen LogP contribution in [0.15, 0.2) is 30.3 Å². The molecule has 1 aromatic carbocycles. The van der Waals surface area contributed by atoms with Crippen molar-refractivity contribution in [2.45, 2.75) is 44.4 Å². The van der Waals surface area contributed by atoms with E-state index < -0.39 is 36.0 Å². The number of amides is 3. The Labute approximate surface area is 167 Å². The summed E-state index contributed by atoms with van der Waals surface area (Å²) in [7, 11) is 0. The van der Waals surface area contributed by atoms with Gasteiger partial charge in [0.15, 0.2) is 0 Å². The van der Waals surface area contributed by atoms with Crippen LogP contribution in [0, 0.1) is 0 Å². The maximum Gasteiger partial charge on any atom is 0.471 e. The van der Waals surface area contributed by atoms with Crippen LogP contribution in [-0.2, 0) is 14.4 Å². The van der Waals surface area contributed by atoms with Crippen molar-refractivity contribution in [3.8, 4) is 0 Å². The Hall–Kier alpha value is -2.17. The van der Waals surface area contributed by atoms with E-state index in [1.807, 2.05) is 0 Å². The van der Waals surface area contributed by atoms with Crippen LogP contribution < -0.4 is 16.8 Å². The summed E-state index contributed by atoms with van der Waals surface area (Å²) in [5, 5.41) is 2.36. The lowest BCUT2D eigenvalue weighted by Crippen LogP contribution is -2.57. The molecule has 0 radical (unpaired) electrons. The van der Waals surface area contributed by atoms with E-state index in [9.17, 15) is 27.6 Å². The maximum absolute atomic E-state index is 12.9. The maximum atomic E-state index is 12.9. The molecule has 0 bridgehead atoms. The SMILES string of the molecule is C[C@@H](C(=O)Nc1ccccc1)N(C(=O)[C@@H](N)CCCCN)C(=O)C(F)(F)F.Cl. The topological polar surface area (TPSA) is 119 Å². The van der Waals surface area contributed by atoms with Crippen molar-refractivity contribution < 1.29 is 27.6 Å². The zero-order valence-electron chi connectivity index (χ0n) is 15.2. The molecule has 7 nitrogen and oxygen atoms in total. The van der Waals surface area contributed by atoms with Crippen LogP contribution in [0.5, 0.6) is 0 Å². The Balaban J connectivity index is 0.00000729. The third-order valence-corrected chi connectivity index (χ3v) is 3.79. The fourth-order valence-corrected chi connectivity index (χ4v) is 2.30. The van der Waals surface area contributed by atoms with E-state index in [0.29, 0.717) is 25.1 Å². The van der Waals surface area contributed by atoms with Crippen LogP contribution in [0.25, 0.3) is 0 Å². The highest BCUT2D eigenvalue weighted by Crippen LogP contribution is 2.22. The predicted octanol–water partition coefficient (Wildman–Crippen LogP) is 1.81. The van der Waals surface area contributed by atoms with Crippen molar-refractivity contribution in [2.24, 2.45) is 11.5 Å². The number of anilines is 1. The molecule has 0 saturated carbocycles. The number of hydrogen-bond donors (Lipinski definition) is 3. The van der Waals surface area contributed by atoms with E-state index in [4.69, 9.17) is 11.5 Å². The molecule has 0 spiro atoms. The summed E-state index contributed by atoms with van der Waals surface area (Å²) in [6.07, 6.45) is -4.35. The Morgan fingerprint density at radius 1 is 1.14 bits per heavy atom. The number of carbonyl (C=O) groups is 3. The van der Waals surface area contributed by atoms with Crippen LogP contribution in [-0.4, -0.2) is 47.4 Å². The lowest BCUT2D eigenvalue weighted by molar-refractivity contribution is -0.190. The molecule has 0 heterocycles. The minimum Gasteiger partial charge on any atom is -0.330 e. The largest absolute Gasteiger partial charge is 0.471 e. The number of rotatable bonds is 8. The molecule has 158 valence electrons. The smallest absolute Gasteiger partial charge is 0.330 e. The summed E-state index contributed by atoms with van der Waals surface area (Å²) in [6.45, 7) is 1.37. The van der Waals surface area contributed by atoms with Gasteiger partial charge in [-0.05, 0) is 38.4 Å². The van der Waals surface area contributed by atoms with Gasteiger partial charge in [-0.2, -0.15) is 13.2 Å². The van der Waals surface area contributed by atoms with Crippen molar-refractivity contribution in [3.63, 3.8) is 0 Å². The Kier molecular flexibility index (Phi) is 10.7. The molecule has 5 N–H and O–H groups in total. The second-order valence-electron chi connectivity index (χ2n) is 5.93. The lowest BCUT2D eigenvalue weighted by Gasteiger charge is -2.29. The van der Waals surface area contributed by atoms with Gasteiger partial charge in [-0.1, -0.05) is 24.6 Å². The first-order chi connectivity index (χ1) is 12.6. The molecule has 0 aliphatic heterocycles. The molecule has 0 fully saturated rings. The second-order valence-corrected chi connectivity index (χ2v) is 5.93. The average Bonchev–Trinajstić information content (AvgIpc) is 2.61. The third kappa shape index (κ3) is 7.45. The molecular weight excluding hydrogens is 401 g/mol. The number of nitrogens with zero attached hydrogens (tertiary/aromatic N) is 1. The number of para-hydroxylation sites is 1. The summed E-state index contributed by atoms with van der Waals surface area (Å²) in [5.41, 5.74) is 11.3. The van der Waals surface area contributed by atoms with E-state index in [-0.39, 0.29) is 23.7 Å². The van der Waals surface area contributed by atoms with Crippen molar-refractivity contribution in [3.05, 3.63) is 30.3 Å². The molecule has 0 unspecified atom stereocenters. The van der Waals surface area contributed by atoms with E-state index in [2.05, 4.69) is 5.32 Å². The van der Waals surface area contributed by atoms with Gasteiger partial charge < -0.3 is 16.8 Å². The molecule has 1 rings (SSSR count). The highest BCUT2D eigenvalue weighted by atomic mass is 35.5. The zero-order chi connectivity index (χ0) is 20.6. The van der Waals surface area contributed by atoms with Gasteiger partial charge in [0.25, 0.3) is 0 Å². The molecule has 0 aromatic heterocycles. The van der Waals surface area contributed by atoms with Gasteiger partial charge in [-0.15, -0.1) is 12.4 Å². The van der Waals surface area contributed by atoms with Crippen molar-refractivity contribution in [2.75, 3.05) is 11.9 Å². The molecule has 0 aliphatic rings. The number of unbranched alkanes of at least 4 members (excludes halogenated alkanes) is 1. The van der Waals surface area contributed by atoms with Crippen molar-refractivity contribution >= 4 is 35.8 Å². The van der Waals surface area contributed by atoms with E-state index in [0.717, 1.165) is 6.92 Å². The predicted molar refractivity (Wildman–Crippen MR) is 101 cm³/mol. The van der Waals surface area contributed by atoms with Gasteiger partial charge >= 0.3 is 12.1 Å². The molecule has 3 amide bonds. The van der Waals surface area contributed by atoms with Gasteiger partial charge in [-0.25, -0.2) is 0 Å². The van der Waals surface area contributed by atoms with Crippen molar-refractivity contribution in [1.29, 1.82) is 0 Å². The summed E-state index contributed by atoms with van der Waals surface area (Å²) in [4.78, 5) is 36.3. The molecular formula is C17H24ClF3N4O3. The molecule has 0 saturated heterocycles. The van der Waals surface area contributed by atoms with Gasteiger partial charge in [0.1, 0.15) is 6.04 Å². The summed E-state index contributed by atoms with van der Waals surface area (Å²) < 4.78 is 38.8.